The fourth-order valence-corrected chi connectivity index (χ4v) is 3.15. The van der Waals surface area contributed by atoms with Crippen molar-refractivity contribution in [3.8, 4) is 0 Å². The molecule has 0 amide bonds. The summed E-state index contributed by atoms with van der Waals surface area (Å²) in [6, 6.07) is 0. The maximum atomic E-state index is 5.42. The van der Waals surface area contributed by atoms with Crippen LogP contribution in [0.1, 0.15) is 32.1 Å². The van der Waals surface area contributed by atoms with E-state index in [9.17, 15) is 0 Å². The van der Waals surface area contributed by atoms with Gasteiger partial charge in [-0.05, 0) is 19.3 Å². The number of hydrogen-bond donors (Lipinski definition) is 0. The normalized spacial score (nSPS) is 42.8. The average molecular weight is 265 g/mol. The molecule has 2 atom stereocenters. The first-order chi connectivity index (χ1) is 5.31. The Hall–Kier alpha value is 0.200. The van der Waals surface area contributed by atoms with Gasteiger partial charge in [-0.15, -0.1) is 0 Å². The van der Waals surface area contributed by atoms with Crippen LogP contribution in [0.4, 0.5) is 0 Å². The summed E-state index contributed by atoms with van der Waals surface area (Å²) >= 11 is 2.52. The monoisotopic (exact) mass is 265 g/mol. The molecule has 1 heterocycles. The SMILES string of the molecule is IC1CCCC2(CC=NO2)C1. The molecule has 2 unspecified atom stereocenters. The summed E-state index contributed by atoms with van der Waals surface area (Å²) in [6.07, 6.45) is 7.99. The smallest absolute Gasteiger partial charge is 0.143 e. The van der Waals surface area contributed by atoms with Crippen LogP contribution in [-0.2, 0) is 4.84 Å². The number of hydrogen-bond acceptors (Lipinski definition) is 2. The van der Waals surface area contributed by atoms with E-state index >= 15 is 0 Å². The molecule has 11 heavy (non-hydrogen) atoms. The second-order valence-corrected chi connectivity index (χ2v) is 5.22. The van der Waals surface area contributed by atoms with Crippen LogP contribution in [0.25, 0.3) is 0 Å². The number of oxime groups is 1. The van der Waals surface area contributed by atoms with Gasteiger partial charge in [-0.1, -0.05) is 27.7 Å². The van der Waals surface area contributed by atoms with E-state index in [1.54, 1.807) is 0 Å². The van der Waals surface area contributed by atoms with E-state index in [4.69, 9.17) is 4.84 Å². The fourth-order valence-electron chi connectivity index (χ4n) is 1.91. The molecule has 62 valence electrons. The average Bonchev–Trinajstić information content (AvgIpc) is 2.37. The Kier molecular flexibility index (Phi) is 2.08. The summed E-state index contributed by atoms with van der Waals surface area (Å²) in [6.45, 7) is 0. The van der Waals surface area contributed by atoms with Crippen molar-refractivity contribution < 1.29 is 4.84 Å². The Bertz CT molecular complexity index is 173. The molecule has 3 heteroatoms. The second kappa shape index (κ2) is 2.92. The Morgan fingerprint density at radius 3 is 3.18 bits per heavy atom. The molecule has 0 bridgehead atoms. The van der Waals surface area contributed by atoms with E-state index in [-0.39, 0.29) is 5.60 Å². The predicted octanol–water partition coefficient (Wildman–Crippen LogP) is 2.51. The highest BCUT2D eigenvalue weighted by Crippen LogP contribution is 2.39. The van der Waals surface area contributed by atoms with Crippen LogP contribution in [0.3, 0.4) is 0 Å². The number of alkyl halides is 1. The third kappa shape index (κ3) is 1.53. The highest BCUT2D eigenvalue weighted by molar-refractivity contribution is 14.1. The minimum absolute atomic E-state index is 0.115. The molecule has 0 aromatic rings. The van der Waals surface area contributed by atoms with E-state index in [2.05, 4.69) is 27.7 Å². The van der Waals surface area contributed by atoms with Crippen molar-refractivity contribution in [1.82, 2.24) is 0 Å². The third-order valence-corrected chi connectivity index (χ3v) is 3.59. The molecule has 0 radical (unpaired) electrons. The Labute approximate surface area is 80.5 Å². The van der Waals surface area contributed by atoms with Crippen molar-refractivity contribution in [3.63, 3.8) is 0 Å². The Balaban J connectivity index is 2.02. The first-order valence-electron chi connectivity index (χ1n) is 4.15. The van der Waals surface area contributed by atoms with E-state index in [0.717, 1.165) is 10.3 Å². The van der Waals surface area contributed by atoms with Gasteiger partial charge < -0.3 is 4.84 Å². The number of rotatable bonds is 0. The second-order valence-electron chi connectivity index (χ2n) is 3.46. The van der Waals surface area contributed by atoms with Crippen LogP contribution in [-0.4, -0.2) is 15.7 Å². The van der Waals surface area contributed by atoms with Crippen molar-refractivity contribution in [3.05, 3.63) is 0 Å². The summed E-state index contributed by atoms with van der Waals surface area (Å²) in [5.74, 6) is 0. The standard InChI is InChI=1S/C8H12INO/c9-7-2-1-3-8(6-7)4-5-10-11-8/h5,7H,1-4,6H2. The minimum atomic E-state index is 0.115. The van der Waals surface area contributed by atoms with Crippen molar-refractivity contribution in [2.45, 2.75) is 41.6 Å². The van der Waals surface area contributed by atoms with Gasteiger partial charge in [0.05, 0.1) is 0 Å². The Morgan fingerprint density at radius 2 is 2.55 bits per heavy atom. The zero-order valence-corrected chi connectivity index (χ0v) is 8.58. The van der Waals surface area contributed by atoms with Gasteiger partial charge >= 0.3 is 0 Å². The lowest BCUT2D eigenvalue weighted by Gasteiger charge is -2.33. The molecular formula is C8H12INO. The quantitative estimate of drug-likeness (QED) is 0.487. The summed E-state index contributed by atoms with van der Waals surface area (Å²) < 4.78 is 0.794. The minimum Gasteiger partial charge on any atom is -0.389 e. The van der Waals surface area contributed by atoms with E-state index < -0.39 is 0 Å². The lowest BCUT2D eigenvalue weighted by molar-refractivity contribution is -0.0420. The number of nitrogens with zero attached hydrogens (tertiary/aromatic N) is 1. The van der Waals surface area contributed by atoms with Crippen molar-refractivity contribution >= 4 is 28.8 Å². The van der Waals surface area contributed by atoms with Crippen LogP contribution >= 0.6 is 22.6 Å². The molecule has 1 aliphatic heterocycles. The zero-order chi connectivity index (χ0) is 7.73. The van der Waals surface area contributed by atoms with Crippen molar-refractivity contribution in [2.75, 3.05) is 0 Å². The van der Waals surface area contributed by atoms with Gasteiger partial charge in [-0.2, -0.15) is 0 Å². The van der Waals surface area contributed by atoms with Crippen LogP contribution in [0.5, 0.6) is 0 Å². The van der Waals surface area contributed by atoms with Crippen molar-refractivity contribution in [2.24, 2.45) is 5.16 Å². The predicted molar refractivity (Wildman–Crippen MR) is 53.2 cm³/mol. The van der Waals surface area contributed by atoms with E-state index in [1.807, 2.05) is 6.21 Å². The van der Waals surface area contributed by atoms with Gasteiger partial charge in [-0.3, -0.25) is 0 Å². The summed E-state index contributed by atoms with van der Waals surface area (Å²) in [5, 5.41) is 3.87. The molecule has 1 spiro atoms. The van der Waals surface area contributed by atoms with Gasteiger partial charge in [-0.25, -0.2) is 0 Å². The molecule has 0 aromatic carbocycles. The molecule has 1 fully saturated rings. The van der Waals surface area contributed by atoms with Crippen LogP contribution in [0.2, 0.25) is 0 Å². The summed E-state index contributed by atoms with van der Waals surface area (Å²) in [5.41, 5.74) is 0.115. The molecule has 0 N–H and O–H groups in total. The van der Waals surface area contributed by atoms with Gasteiger partial charge in [0.1, 0.15) is 5.60 Å². The maximum absolute atomic E-state index is 5.42. The lowest BCUT2D eigenvalue weighted by Crippen LogP contribution is -2.34. The van der Waals surface area contributed by atoms with Crippen molar-refractivity contribution in [1.29, 1.82) is 0 Å². The molecular weight excluding hydrogens is 253 g/mol. The largest absolute Gasteiger partial charge is 0.389 e. The maximum Gasteiger partial charge on any atom is 0.143 e. The molecule has 2 aliphatic rings. The molecule has 1 saturated carbocycles. The molecule has 1 aliphatic carbocycles. The van der Waals surface area contributed by atoms with E-state index in [0.29, 0.717) is 0 Å². The van der Waals surface area contributed by atoms with Gasteiger partial charge in [0.25, 0.3) is 0 Å². The molecule has 0 aromatic heterocycles. The lowest BCUT2D eigenvalue weighted by atomic mass is 9.83. The molecule has 2 nitrogen and oxygen atoms in total. The zero-order valence-electron chi connectivity index (χ0n) is 6.42. The summed E-state index contributed by atoms with van der Waals surface area (Å²) in [4.78, 5) is 5.42. The Morgan fingerprint density at radius 1 is 1.64 bits per heavy atom. The fraction of sp³-hybridized carbons (Fsp3) is 0.875. The van der Waals surface area contributed by atoms with Crippen LogP contribution in [0.15, 0.2) is 5.16 Å². The van der Waals surface area contributed by atoms with Gasteiger partial charge in [0.15, 0.2) is 0 Å². The molecule has 2 rings (SSSR count). The summed E-state index contributed by atoms with van der Waals surface area (Å²) in [7, 11) is 0. The first kappa shape index (κ1) is 7.83. The highest BCUT2D eigenvalue weighted by Gasteiger charge is 2.39. The third-order valence-electron chi connectivity index (χ3n) is 2.53. The van der Waals surface area contributed by atoms with E-state index in [1.165, 1.54) is 25.7 Å². The van der Waals surface area contributed by atoms with Crippen LogP contribution in [0, 0.1) is 0 Å². The number of halogens is 1. The van der Waals surface area contributed by atoms with Gasteiger partial charge in [0.2, 0.25) is 0 Å². The van der Waals surface area contributed by atoms with Crippen LogP contribution < -0.4 is 0 Å². The van der Waals surface area contributed by atoms with Gasteiger partial charge in [0, 0.05) is 23.0 Å². The first-order valence-corrected chi connectivity index (χ1v) is 5.39. The molecule has 0 saturated heterocycles. The highest BCUT2D eigenvalue weighted by atomic mass is 127. The topological polar surface area (TPSA) is 21.6 Å².